The first kappa shape index (κ1) is 8.53. The summed E-state index contributed by atoms with van der Waals surface area (Å²) in [6.45, 7) is 3.10. The second kappa shape index (κ2) is 3.77. The summed E-state index contributed by atoms with van der Waals surface area (Å²) in [5, 5.41) is 6.81. The van der Waals surface area contributed by atoms with Crippen LogP contribution in [0.15, 0.2) is 24.3 Å². The predicted molar refractivity (Wildman–Crippen MR) is 54.5 cm³/mol. The van der Waals surface area contributed by atoms with Gasteiger partial charge in [0.15, 0.2) is 0 Å². The van der Waals surface area contributed by atoms with Crippen molar-refractivity contribution in [3.8, 4) is 0 Å². The summed E-state index contributed by atoms with van der Waals surface area (Å²) < 4.78 is 0. The Hall–Kier alpha value is -1.06. The molecule has 1 saturated heterocycles. The molecule has 1 atom stereocenters. The normalized spacial score (nSPS) is 22.9. The van der Waals surface area contributed by atoms with Crippen molar-refractivity contribution in [1.82, 2.24) is 10.6 Å². The van der Waals surface area contributed by atoms with E-state index in [-0.39, 0.29) is 0 Å². The van der Waals surface area contributed by atoms with E-state index in [4.69, 9.17) is 5.73 Å². The summed E-state index contributed by atoms with van der Waals surface area (Å²) in [7, 11) is 0. The zero-order chi connectivity index (χ0) is 9.10. The molecule has 1 aromatic rings. The SMILES string of the molecule is Nc1ccc([C@H]2CNCCN2)cc1. The number of hydrogen-bond acceptors (Lipinski definition) is 3. The third-order valence-corrected chi connectivity index (χ3v) is 2.38. The molecular weight excluding hydrogens is 162 g/mol. The molecule has 0 amide bonds. The van der Waals surface area contributed by atoms with Gasteiger partial charge in [-0.25, -0.2) is 0 Å². The van der Waals surface area contributed by atoms with E-state index in [1.165, 1.54) is 5.56 Å². The van der Waals surface area contributed by atoms with Crippen LogP contribution in [-0.4, -0.2) is 19.6 Å². The van der Waals surface area contributed by atoms with Gasteiger partial charge in [-0.05, 0) is 17.7 Å². The van der Waals surface area contributed by atoms with Crippen LogP contribution in [0.4, 0.5) is 5.69 Å². The van der Waals surface area contributed by atoms with Crippen molar-refractivity contribution in [1.29, 1.82) is 0 Å². The molecule has 0 saturated carbocycles. The molecule has 70 valence electrons. The Labute approximate surface area is 78.3 Å². The van der Waals surface area contributed by atoms with Crippen molar-refractivity contribution in [2.45, 2.75) is 6.04 Å². The molecule has 1 heterocycles. The van der Waals surface area contributed by atoms with Gasteiger partial charge in [0, 0.05) is 31.4 Å². The van der Waals surface area contributed by atoms with Gasteiger partial charge in [0.05, 0.1) is 0 Å². The molecule has 0 aromatic heterocycles. The fourth-order valence-corrected chi connectivity index (χ4v) is 1.62. The number of rotatable bonds is 1. The standard InChI is InChI=1S/C10H15N3/c11-9-3-1-8(2-4-9)10-7-12-5-6-13-10/h1-4,10,12-13H,5-7,11H2/t10-/m1/s1. The lowest BCUT2D eigenvalue weighted by atomic mass is 10.1. The number of nitrogen functional groups attached to an aromatic ring is 1. The number of nitrogens with one attached hydrogen (secondary N) is 2. The van der Waals surface area contributed by atoms with Gasteiger partial charge < -0.3 is 16.4 Å². The van der Waals surface area contributed by atoms with E-state index in [0.29, 0.717) is 6.04 Å². The quantitative estimate of drug-likeness (QED) is 0.548. The van der Waals surface area contributed by atoms with E-state index < -0.39 is 0 Å². The minimum absolute atomic E-state index is 0.439. The number of benzene rings is 1. The van der Waals surface area contributed by atoms with Crippen molar-refractivity contribution >= 4 is 5.69 Å². The summed E-state index contributed by atoms with van der Waals surface area (Å²) in [6.07, 6.45) is 0. The Bertz CT molecular complexity index is 262. The van der Waals surface area contributed by atoms with Gasteiger partial charge in [-0.15, -0.1) is 0 Å². The number of anilines is 1. The zero-order valence-corrected chi connectivity index (χ0v) is 7.59. The van der Waals surface area contributed by atoms with Gasteiger partial charge in [-0.2, -0.15) is 0 Å². The van der Waals surface area contributed by atoms with E-state index in [1.807, 2.05) is 12.1 Å². The Morgan fingerprint density at radius 1 is 1.15 bits per heavy atom. The van der Waals surface area contributed by atoms with E-state index >= 15 is 0 Å². The molecule has 13 heavy (non-hydrogen) atoms. The van der Waals surface area contributed by atoms with Gasteiger partial charge in [0.1, 0.15) is 0 Å². The average Bonchev–Trinajstić information content (AvgIpc) is 2.20. The van der Waals surface area contributed by atoms with Crippen molar-refractivity contribution < 1.29 is 0 Å². The Kier molecular flexibility index (Phi) is 2.47. The van der Waals surface area contributed by atoms with E-state index in [9.17, 15) is 0 Å². The largest absolute Gasteiger partial charge is 0.399 e. The van der Waals surface area contributed by atoms with E-state index in [2.05, 4.69) is 22.8 Å². The highest BCUT2D eigenvalue weighted by atomic mass is 15.1. The molecule has 0 radical (unpaired) electrons. The lowest BCUT2D eigenvalue weighted by Gasteiger charge is -2.24. The van der Waals surface area contributed by atoms with Gasteiger partial charge in [0.25, 0.3) is 0 Å². The van der Waals surface area contributed by atoms with Crippen LogP contribution in [0.1, 0.15) is 11.6 Å². The first-order valence-corrected chi connectivity index (χ1v) is 4.66. The number of nitrogens with two attached hydrogens (primary N) is 1. The zero-order valence-electron chi connectivity index (χ0n) is 7.59. The Morgan fingerprint density at radius 2 is 1.92 bits per heavy atom. The van der Waals surface area contributed by atoms with E-state index in [1.54, 1.807) is 0 Å². The van der Waals surface area contributed by atoms with Crippen LogP contribution in [0.2, 0.25) is 0 Å². The maximum absolute atomic E-state index is 5.62. The van der Waals surface area contributed by atoms with Crippen molar-refractivity contribution in [3.05, 3.63) is 29.8 Å². The Morgan fingerprint density at radius 3 is 2.54 bits per heavy atom. The molecule has 3 nitrogen and oxygen atoms in total. The molecule has 1 fully saturated rings. The van der Waals surface area contributed by atoms with Crippen LogP contribution in [0.5, 0.6) is 0 Å². The van der Waals surface area contributed by atoms with Gasteiger partial charge in [0.2, 0.25) is 0 Å². The summed E-state index contributed by atoms with van der Waals surface area (Å²) >= 11 is 0. The summed E-state index contributed by atoms with van der Waals surface area (Å²) in [5.74, 6) is 0. The van der Waals surface area contributed by atoms with Crippen LogP contribution < -0.4 is 16.4 Å². The first-order valence-electron chi connectivity index (χ1n) is 4.66. The van der Waals surface area contributed by atoms with E-state index in [0.717, 1.165) is 25.3 Å². The second-order valence-electron chi connectivity index (χ2n) is 3.38. The smallest absolute Gasteiger partial charge is 0.0447 e. The summed E-state index contributed by atoms with van der Waals surface area (Å²) in [6, 6.07) is 8.51. The highest BCUT2D eigenvalue weighted by Gasteiger charge is 2.13. The van der Waals surface area contributed by atoms with Crippen molar-refractivity contribution in [2.24, 2.45) is 0 Å². The fourth-order valence-electron chi connectivity index (χ4n) is 1.62. The highest BCUT2D eigenvalue weighted by Crippen LogP contribution is 2.14. The molecule has 1 aliphatic heterocycles. The van der Waals surface area contributed by atoms with Gasteiger partial charge in [-0.1, -0.05) is 12.1 Å². The number of piperazine rings is 1. The molecule has 4 N–H and O–H groups in total. The first-order chi connectivity index (χ1) is 6.36. The molecule has 0 bridgehead atoms. The van der Waals surface area contributed by atoms with Crippen molar-refractivity contribution in [3.63, 3.8) is 0 Å². The third kappa shape index (κ3) is 1.99. The van der Waals surface area contributed by atoms with Crippen LogP contribution >= 0.6 is 0 Å². The monoisotopic (exact) mass is 177 g/mol. The molecule has 0 spiro atoms. The van der Waals surface area contributed by atoms with Gasteiger partial charge >= 0.3 is 0 Å². The minimum atomic E-state index is 0.439. The molecule has 3 heteroatoms. The second-order valence-corrected chi connectivity index (χ2v) is 3.38. The van der Waals surface area contributed by atoms with Crippen LogP contribution in [0.3, 0.4) is 0 Å². The molecule has 2 rings (SSSR count). The molecule has 0 aliphatic carbocycles. The molecule has 1 aromatic carbocycles. The summed E-state index contributed by atoms with van der Waals surface area (Å²) in [4.78, 5) is 0. The third-order valence-electron chi connectivity index (χ3n) is 2.38. The van der Waals surface area contributed by atoms with Crippen molar-refractivity contribution in [2.75, 3.05) is 25.4 Å². The molecule has 1 aliphatic rings. The number of hydrogen-bond donors (Lipinski definition) is 3. The van der Waals surface area contributed by atoms with Gasteiger partial charge in [-0.3, -0.25) is 0 Å². The van der Waals surface area contributed by atoms with Crippen LogP contribution in [0, 0.1) is 0 Å². The maximum atomic E-state index is 5.62. The average molecular weight is 177 g/mol. The lowest BCUT2D eigenvalue weighted by Crippen LogP contribution is -2.42. The maximum Gasteiger partial charge on any atom is 0.0447 e. The topological polar surface area (TPSA) is 50.1 Å². The lowest BCUT2D eigenvalue weighted by molar-refractivity contribution is 0.430. The summed E-state index contributed by atoms with van der Waals surface area (Å²) in [5.41, 5.74) is 7.75. The van der Waals surface area contributed by atoms with Crippen LogP contribution in [0.25, 0.3) is 0 Å². The molecular formula is C10H15N3. The van der Waals surface area contributed by atoms with Crippen LogP contribution in [-0.2, 0) is 0 Å². The highest BCUT2D eigenvalue weighted by molar-refractivity contribution is 5.40. The minimum Gasteiger partial charge on any atom is -0.399 e. The molecule has 0 unspecified atom stereocenters. The predicted octanol–water partition coefficient (Wildman–Crippen LogP) is 0.503. The fraction of sp³-hybridized carbons (Fsp3) is 0.400. The Balaban J connectivity index is 2.10.